The monoisotopic (exact) mass is 313 g/mol. The van der Waals surface area contributed by atoms with Gasteiger partial charge in [-0.15, -0.1) is 0 Å². The minimum absolute atomic E-state index is 0.578. The SMILES string of the molecule is CCCCCCc1[nH]c(N)nc1CCCCCc1ccccc1. The Morgan fingerprint density at radius 3 is 2.35 bits per heavy atom. The number of imidazole rings is 1. The van der Waals surface area contributed by atoms with Crippen molar-refractivity contribution >= 4 is 5.95 Å². The highest BCUT2D eigenvalue weighted by Crippen LogP contribution is 2.16. The maximum Gasteiger partial charge on any atom is 0.197 e. The summed E-state index contributed by atoms with van der Waals surface area (Å²) >= 11 is 0. The summed E-state index contributed by atoms with van der Waals surface area (Å²) in [7, 11) is 0. The molecule has 2 aromatic rings. The minimum Gasteiger partial charge on any atom is -0.369 e. The van der Waals surface area contributed by atoms with Crippen molar-refractivity contribution in [3.8, 4) is 0 Å². The lowest BCUT2D eigenvalue weighted by molar-refractivity contribution is 0.647. The molecular formula is C20H31N3. The van der Waals surface area contributed by atoms with Crippen molar-refractivity contribution in [1.29, 1.82) is 0 Å². The minimum atomic E-state index is 0.578. The van der Waals surface area contributed by atoms with Gasteiger partial charge in [-0.3, -0.25) is 0 Å². The Kier molecular flexibility index (Phi) is 7.71. The second-order valence-electron chi connectivity index (χ2n) is 6.40. The molecule has 1 heterocycles. The highest BCUT2D eigenvalue weighted by molar-refractivity contribution is 5.26. The molecule has 0 saturated carbocycles. The van der Waals surface area contributed by atoms with Crippen molar-refractivity contribution in [2.45, 2.75) is 71.1 Å². The Balaban J connectivity index is 1.68. The van der Waals surface area contributed by atoms with E-state index in [4.69, 9.17) is 5.73 Å². The lowest BCUT2D eigenvalue weighted by Gasteiger charge is -2.04. The van der Waals surface area contributed by atoms with Gasteiger partial charge in [-0.05, 0) is 44.1 Å². The molecule has 3 heteroatoms. The van der Waals surface area contributed by atoms with E-state index >= 15 is 0 Å². The van der Waals surface area contributed by atoms with Crippen LogP contribution in [0.2, 0.25) is 0 Å². The van der Waals surface area contributed by atoms with Crippen molar-refractivity contribution < 1.29 is 0 Å². The fourth-order valence-corrected chi connectivity index (χ4v) is 3.05. The first-order valence-corrected chi connectivity index (χ1v) is 9.16. The summed E-state index contributed by atoms with van der Waals surface area (Å²) in [5, 5.41) is 0. The highest BCUT2D eigenvalue weighted by Gasteiger charge is 2.08. The van der Waals surface area contributed by atoms with E-state index in [1.807, 2.05) is 0 Å². The molecule has 126 valence electrons. The van der Waals surface area contributed by atoms with E-state index < -0.39 is 0 Å². The van der Waals surface area contributed by atoms with Crippen LogP contribution in [0.5, 0.6) is 0 Å². The lowest BCUT2D eigenvalue weighted by Crippen LogP contribution is -1.95. The molecule has 0 spiro atoms. The van der Waals surface area contributed by atoms with Crippen molar-refractivity contribution in [3.05, 3.63) is 47.3 Å². The third-order valence-corrected chi connectivity index (χ3v) is 4.38. The molecule has 0 unspecified atom stereocenters. The Hall–Kier alpha value is -1.77. The number of nitrogens with one attached hydrogen (secondary N) is 1. The van der Waals surface area contributed by atoms with Crippen LogP contribution in [-0.2, 0) is 19.3 Å². The first-order chi connectivity index (χ1) is 11.3. The highest BCUT2D eigenvalue weighted by atomic mass is 15.0. The predicted molar refractivity (Wildman–Crippen MR) is 98.5 cm³/mol. The van der Waals surface area contributed by atoms with Gasteiger partial charge in [0.1, 0.15) is 0 Å². The second kappa shape index (κ2) is 10.1. The lowest BCUT2D eigenvalue weighted by atomic mass is 10.0. The molecule has 1 aromatic carbocycles. The number of benzene rings is 1. The van der Waals surface area contributed by atoms with Crippen LogP contribution in [-0.4, -0.2) is 9.97 Å². The van der Waals surface area contributed by atoms with Crippen molar-refractivity contribution in [3.63, 3.8) is 0 Å². The number of nitrogen functional groups attached to an aromatic ring is 1. The molecule has 3 N–H and O–H groups in total. The van der Waals surface area contributed by atoms with Gasteiger partial charge in [0, 0.05) is 5.69 Å². The maximum absolute atomic E-state index is 5.85. The molecule has 0 atom stereocenters. The van der Waals surface area contributed by atoms with Crippen LogP contribution in [0.1, 0.15) is 68.8 Å². The molecule has 3 nitrogen and oxygen atoms in total. The van der Waals surface area contributed by atoms with Crippen LogP contribution in [0, 0.1) is 0 Å². The molecular weight excluding hydrogens is 282 g/mol. The number of aryl methyl sites for hydroxylation is 3. The number of anilines is 1. The van der Waals surface area contributed by atoms with Crippen molar-refractivity contribution in [1.82, 2.24) is 9.97 Å². The first-order valence-electron chi connectivity index (χ1n) is 9.16. The number of rotatable bonds is 11. The summed E-state index contributed by atoms with van der Waals surface area (Å²) in [4.78, 5) is 7.74. The number of nitrogens with zero attached hydrogens (tertiary/aromatic N) is 1. The summed E-state index contributed by atoms with van der Waals surface area (Å²) in [5.74, 6) is 0.578. The van der Waals surface area contributed by atoms with Crippen LogP contribution in [0.15, 0.2) is 30.3 Å². The fraction of sp³-hybridized carbons (Fsp3) is 0.550. The van der Waals surface area contributed by atoms with Crippen LogP contribution < -0.4 is 5.73 Å². The summed E-state index contributed by atoms with van der Waals surface area (Å²) in [6.07, 6.45) is 12.1. The topological polar surface area (TPSA) is 54.7 Å². The van der Waals surface area contributed by atoms with Gasteiger partial charge in [-0.1, -0.05) is 62.9 Å². The fourth-order valence-electron chi connectivity index (χ4n) is 3.05. The number of hydrogen-bond donors (Lipinski definition) is 2. The van der Waals surface area contributed by atoms with Crippen molar-refractivity contribution in [2.75, 3.05) is 5.73 Å². The van der Waals surface area contributed by atoms with E-state index in [9.17, 15) is 0 Å². The Bertz CT molecular complexity index is 545. The number of aromatic nitrogens is 2. The number of nitrogens with two attached hydrogens (primary N) is 1. The number of aromatic amines is 1. The normalized spacial score (nSPS) is 11.0. The van der Waals surface area contributed by atoms with Gasteiger partial charge < -0.3 is 10.7 Å². The third kappa shape index (κ3) is 6.47. The van der Waals surface area contributed by atoms with Crippen LogP contribution in [0.25, 0.3) is 0 Å². The Labute approximate surface area is 140 Å². The van der Waals surface area contributed by atoms with E-state index in [0.717, 1.165) is 12.8 Å². The quantitative estimate of drug-likeness (QED) is 0.569. The predicted octanol–water partition coefficient (Wildman–Crippen LogP) is 5.07. The van der Waals surface area contributed by atoms with E-state index in [-0.39, 0.29) is 0 Å². The molecule has 2 rings (SSSR count). The molecule has 0 fully saturated rings. The smallest absolute Gasteiger partial charge is 0.197 e. The second-order valence-corrected chi connectivity index (χ2v) is 6.40. The molecule has 0 amide bonds. The number of hydrogen-bond acceptors (Lipinski definition) is 2. The standard InChI is InChI=1S/C20H31N3/c1-2-3-4-10-15-18-19(23-20(21)22-18)16-11-6-9-14-17-12-7-5-8-13-17/h5,7-8,12-13H,2-4,6,9-11,14-16H2,1H3,(H3,21,22,23). The van der Waals surface area contributed by atoms with Gasteiger partial charge in [0.25, 0.3) is 0 Å². The van der Waals surface area contributed by atoms with E-state index in [0.29, 0.717) is 5.95 Å². The van der Waals surface area contributed by atoms with Crippen molar-refractivity contribution in [2.24, 2.45) is 0 Å². The molecule has 0 radical (unpaired) electrons. The maximum atomic E-state index is 5.85. The summed E-state index contributed by atoms with van der Waals surface area (Å²) < 4.78 is 0. The van der Waals surface area contributed by atoms with Gasteiger partial charge in [0.2, 0.25) is 0 Å². The van der Waals surface area contributed by atoms with E-state index in [1.165, 1.54) is 68.3 Å². The van der Waals surface area contributed by atoms with Crippen LogP contribution in [0.4, 0.5) is 5.95 Å². The average molecular weight is 313 g/mol. The summed E-state index contributed by atoms with van der Waals surface area (Å²) in [5.41, 5.74) is 9.75. The third-order valence-electron chi connectivity index (χ3n) is 4.38. The zero-order valence-corrected chi connectivity index (χ0v) is 14.5. The van der Waals surface area contributed by atoms with Gasteiger partial charge in [-0.2, -0.15) is 0 Å². The molecule has 1 aromatic heterocycles. The van der Waals surface area contributed by atoms with Crippen LogP contribution in [0.3, 0.4) is 0 Å². The zero-order valence-electron chi connectivity index (χ0n) is 14.5. The molecule has 0 aliphatic heterocycles. The largest absolute Gasteiger partial charge is 0.369 e. The number of unbranched alkanes of at least 4 members (excludes halogenated alkanes) is 5. The molecule has 0 aliphatic carbocycles. The Morgan fingerprint density at radius 2 is 1.57 bits per heavy atom. The van der Waals surface area contributed by atoms with E-state index in [2.05, 4.69) is 47.2 Å². The molecule has 0 bridgehead atoms. The molecule has 23 heavy (non-hydrogen) atoms. The first kappa shape index (κ1) is 17.6. The average Bonchev–Trinajstić information content (AvgIpc) is 2.92. The number of H-pyrrole nitrogens is 1. The van der Waals surface area contributed by atoms with Gasteiger partial charge >= 0.3 is 0 Å². The van der Waals surface area contributed by atoms with Gasteiger partial charge in [0.15, 0.2) is 5.95 Å². The van der Waals surface area contributed by atoms with Gasteiger partial charge in [-0.25, -0.2) is 4.98 Å². The van der Waals surface area contributed by atoms with E-state index in [1.54, 1.807) is 0 Å². The summed E-state index contributed by atoms with van der Waals surface area (Å²) in [6, 6.07) is 10.7. The van der Waals surface area contributed by atoms with Gasteiger partial charge in [0.05, 0.1) is 5.69 Å². The molecule has 0 aliphatic rings. The summed E-state index contributed by atoms with van der Waals surface area (Å²) in [6.45, 7) is 2.25. The molecule has 0 saturated heterocycles. The zero-order chi connectivity index (χ0) is 16.3. The van der Waals surface area contributed by atoms with Crippen LogP contribution >= 0.6 is 0 Å². The Morgan fingerprint density at radius 1 is 0.870 bits per heavy atom.